The van der Waals surface area contributed by atoms with E-state index in [4.69, 9.17) is 16.3 Å². The van der Waals surface area contributed by atoms with Crippen molar-refractivity contribution >= 4 is 35.4 Å². The molecule has 0 aliphatic carbocycles. The summed E-state index contributed by atoms with van der Waals surface area (Å²) in [7, 11) is 0. The van der Waals surface area contributed by atoms with Crippen LogP contribution in [0.25, 0.3) is 11.1 Å². The van der Waals surface area contributed by atoms with Crippen LogP contribution in [0, 0.1) is 0 Å². The molecule has 0 aromatic heterocycles. The predicted molar refractivity (Wildman–Crippen MR) is 124 cm³/mol. The van der Waals surface area contributed by atoms with Gasteiger partial charge in [0, 0.05) is 16.5 Å². The molecule has 1 amide bonds. The third-order valence-corrected chi connectivity index (χ3v) is 5.85. The molecule has 7 heteroatoms. The van der Waals surface area contributed by atoms with Gasteiger partial charge in [0.05, 0.1) is 0 Å². The van der Waals surface area contributed by atoms with Crippen LogP contribution in [-0.2, 0) is 21.9 Å². The van der Waals surface area contributed by atoms with Gasteiger partial charge in [-0.3, -0.25) is 0 Å². The van der Waals surface area contributed by atoms with Gasteiger partial charge in [-0.15, -0.1) is 0 Å². The van der Waals surface area contributed by atoms with Gasteiger partial charge < -0.3 is 15.2 Å². The van der Waals surface area contributed by atoms with Crippen molar-refractivity contribution in [1.82, 2.24) is 5.32 Å². The van der Waals surface area contributed by atoms with Crippen LogP contribution in [-0.4, -0.2) is 29.0 Å². The molecule has 0 aliphatic rings. The number of hydrogen-bond donors (Lipinski definition) is 2. The molecule has 0 spiro atoms. The second-order valence-corrected chi connectivity index (χ2v) is 8.28. The molecule has 0 radical (unpaired) electrons. The van der Waals surface area contributed by atoms with Crippen molar-refractivity contribution in [3.63, 3.8) is 0 Å². The Kier molecular flexibility index (Phi) is 8.38. The molecule has 3 aromatic carbocycles. The monoisotopic (exact) mass is 455 g/mol. The zero-order valence-electron chi connectivity index (χ0n) is 16.7. The van der Waals surface area contributed by atoms with Crippen LogP contribution in [0.3, 0.4) is 0 Å². The van der Waals surface area contributed by atoms with Crippen molar-refractivity contribution in [3.8, 4) is 11.1 Å². The van der Waals surface area contributed by atoms with Crippen LogP contribution in [0.1, 0.15) is 11.1 Å². The van der Waals surface area contributed by atoms with Gasteiger partial charge in [-0.25, -0.2) is 9.59 Å². The van der Waals surface area contributed by atoms with Crippen molar-refractivity contribution in [2.75, 3.05) is 5.75 Å². The largest absolute Gasteiger partial charge is 0.480 e. The molecule has 0 saturated heterocycles. The number of thioether (sulfide) groups is 1. The van der Waals surface area contributed by atoms with Crippen LogP contribution in [0.15, 0.2) is 78.9 Å². The number of rotatable bonds is 9. The van der Waals surface area contributed by atoms with Gasteiger partial charge in [-0.05, 0) is 34.4 Å². The minimum atomic E-state index is -1.10. The Bertz CT molecular complexity index is 994. The van der Waals surface area contributed by atoms with E-state index in [1.807, 2.05) is 78.9 Å². The van der Waals surface area contributed by atoms with E-state index in [9.17, 15) is 14.7 Å². The summed E-state index contributed by atoms with van der Waals surface area (Å²) in [6.45, 7) is 0.0894. The summed E-state index contributed by atoms with van der Waals surface area (Å²) < 4.78 is 5.11. The van der Waals surface area contributed by atoms with Crippen molar-refractivity contribution in [1.29, 1.82) is 0 Å². The molecule has 0 bridgehead atoms. The number of amides is 1. The Labute approximate surface area is 190 Å². The van der Waals surface area contributed by atoms with Crippen molar-refractivity contribution in [3.05, 3.63) is 95.0 Å². The van der Waals surface area contributed by atoms with E-state index in [2.05, 4.69) is 5.32 Å². The lowest BCUT2D eigenvalue weighted by atomic mass is 10.0. The first kappa shape index (κ1) is 22.7. The summed E-state index contributed by atoms with van der Waals surface area (Å²) in [5.74, 6) is -0.234. The van der Waals surface area contributed by atoms with Crippen molar-refractivity contribution in [2.24, 2.45) is 0 Å². The van der Waals surface area contributed by atoms with E-state index in [-0.39, 0.29) is 12.4 Å². The number of halogens is 1. The molecule has 3 rings (SSSR count). The SMILES string of the molecule is O=C(NC(CSCc1ccc(-c2ccc(Cl)cc2)cc1)C(=O)O)OCc1ccccc1. The van der Waals surface area contributed by atoms with Crippen LogP contribution in [0.4, 0.5) is 4.79 Å². The molecular weight excluding hydrogens is 434 g/mol. The molecule has 0 aliphatic heterocycles. The number of hydrogen-bond acceptors (Lipinski definition) is 4. The van der Waals surface area contributed by atoms with Crippen molar-refractivity contribution in [2.45, 2.75) is 18.4 Å². The number of ether oxygens (including phenoxy) is 1. The second kappa shape index (κ2) is 11.4. The number of carbonyl (C=O) groups is 2. The Morgan fingerprint density at radius 2 is 1.52 bits per heavy atom. The fraction of sp³-hybridized carbons (Fsp3) is 0.167. The Hall–Kier alpha value is -2.96. The second-order valence-electron chi connectivity index (χ2n) is 6.82. The van der Waals surface area contributed by atoms with E-state index in [1.165, 1.54) is 11.8 Å². The Morgan fingerprint density at radius 3 is 2.13 bits per heavy atom. The normalized spacial score (nSPS) is 11.5. The predicted octanol–water partition coefficient (Wildman–Crippen LogP) is 5.62. The average Bonchev–Trinajstić information content (AvgIpc) is 2.78. The third-order valence-electron chi connectivity index (χ3n) is 4.49. The summed E-state index contributed by atoms with van der Waals surface area (Å²) in [5.41, 5.74) is 4.06. The number of alkyl carbamates (subject to hydrolysis) is 1. The third kappa shape index (κ3) is 7.35. The standard InChI is InChI=1S/C24H22ClNO4S/c25-21-12-10-20(11-13-21)19-8-6-18(7-9-19)15-31-16-22(23(27)28)26-24(29)30-14-17-4-2-1-3-5-17/h1-13,22H,14-16H2,(H,26,29)(H,27,28). The smallest absolute Gasteiger partial charge is 0.408 e. The van der Waals surface area contributed by atoms with Gasteiger partial charge in [-0.1, -0.05) is 78.3 Å². The number of nitrogens with one attached hydrogen (secondary N) is 1. The van der Waals surface area contributed by atoms with Gasteiger partial charge in [-0.2, -0.15) is 11.8 Å². The summed E-state index contributed by atoms with van der Waals surface area (Å²) in [4.78, 5) is 23.4. The number of benzene rings is 3. The minimum absolute atomic E-state index is 0.0894. The van der Waals surface area contributed by atoms with Crippen LogP contribution < -0.4 is 5.32 Å². The van der Waals surface area contributed by atoms with Gasteiger partial charge in [0.2, 0.25) is 0 Å². The van der Waals surface area contributed by atoms with E-state index in [0.29, 0.717) is 10.8 Å². The number of aliphatic carboxylic acids is 1. The number of carbonyl (C=O) groups excluding carboxylic acids is 1. The molecule has 31 heavy (non-hydrogen) atoms. The summed E-state index contributed by atoms with van der Waals surface area (Å²) >= 11 is 7.36. The Balaban J connectivity index is 1.46. The summed E-state index contributed by atoms with van der Waals surface area (Å²) in [5, 5.41) is 12.5. The molecule has 1 unspecified atom stereocenters. The van der Waals surface area contributed by atoms with E-state index in [1.54, 1.807) is 0 Å². The molecule has 0 heterocycles. The van der Waals surface area contributed by atoms with Gasteiger partial charge in [0.25, 0.3) is 0 Å². The maximum atomic E-state index is 11.9. The topological polar surface area (TPSA) is 75.6 Å². The molecule has 0 saturated carbocycles. The van der Waals surface area contributed by atoms with Gasteiger partial charge in [0.1, 0.15) is 12.6 Å². The number of carboxylic acid groups (broad SMARTS) is 1. The first-order valence-corrected chi connectivity index (χ1v) is 11.2. The molecular formula is C24H22ClNO4S. The highest BCUT2D eigenvalue weighted by molar-refractivity contribution is 7.98. The number of carboxylic acids is 1. The van der Waals surface area contributed by atoms with E-state index in [0.717, 1.165) is 22.3 Å². The van der Waals surface area contributed by atoms with Crippen LogP contribution >= 0.6 is 23.4 Å². The molecule has 160 valence electrons. The Morgan fingerprint density at radius 1 is 0.903 bits per heavy atom. The average molecular weight is 456 g/mol. The maximum Gasteiger partial charge on any atom is 0.408 e. The van der Waals surface area contributed by atoms with Crippen molar-refractivity contribution < 1.29 is 19.4 Å². The molecule has 1 atom stereocenters. The lowest BCUT2D eigenvalue weighted by Gasteiger charge is -2.14. The fourth-order valence-electron chi connectivity index (χ4n) is 2.81. The molecule has 5 nitrogen and oxygen atoms in total. The lowest BCUT2D eigenvalue weighted by Crippen LogP contribution is -2.42. The maximum absolute atomic E-state index is 11.9. The van der Waals surface area contributed by atoms with Gasteiger partial charge in [0.15, 0.2) is 0 Å². The summed E-state index contributed by atoms with van der Waals surface area (Å²) in [6.07, 6.45) is -0.746. The molecule has 2 N–H and O–H groups in total. The zero-order valence-corrected chi connectivity index (χ0v) is 18.2. The van der Waals surface area contributed by atoms with Crippen LogP contribution in [0.5, 0.6) is 0 Å². The highest BCUT2D eigenvalue weighted by Gasteiger charge is 2.20. The molecule has 0 fully saturated rings. The van der Waals surface area contributed by atoms with Crippen LogP contribution in [0.2, 0.25) is 5.02 Å². The first-order chi connectivity index (χ1) is 15.0. The minimum Gasteiger partial charge on any atom is -0.480 e. The summed E-state index contributed by atoms with van der Waals surface area (Å²) in [6, 6.07) is 23.9. The van der Waals surface area contributed by atoms with Gasteiger partial charge >= 0.3 is 12.1 Å². The lowest BCUT2D eigenvalue weighted by molar-refractivity contribution is -0.138. The fourth-order valence-corrected chi connectivity index (χ4v) is 3.95. The molecule has 3 aromatic rings. The highest BCUT2D eigenvalue weighted by Crippen LogP contribution is 2.23. The highest BCUT2D eigenvalue weighted by atomic mass is 35.5. The quantitative estimate of drug-likeness (QED) is 0.438. The zero-order chi connectivity index (χ0) is 22.1. The van der Waals surface area contributed by atoms with E-state index < -0.39 is 18.1 Å². The first-order valence-electron chi connectivity index (χ1n) is 9.64. The van der Waals surface area contributed by atoms with E-state index >= 15 is 0 Å².